The molecule has 1 aliphatic heterocycles. The van der Waals surface area contributed by atoms with E-state index >= 15 is 0 Å². The van der Waals surface area contributed by atoms with Crippen molar-refractivity contribution in [2.45, 2.75) is 18.9 Å². The molecule has 4 nitrogen and oxygen atoms in total. The third-order valence-electron chi connectivity index (χ3n) is 4.27. The summed E-state index contributed by atoms with van der Waals surface area (Å²) in [5.74, 6) is -0.904. The predicted octanol–water partition coefficient (Wildman–Crippen LogP) is 4.26. The second-order valence-corrected chi connectivity index (χ2v) is 7.00. The molecule has 0 N–H and O–H groups in total. The highest BCUT2D eigenvalue weighted by atomic mass is 32.1. The van der Waals surface area contributed by atoms with E-state index in [1.807, 2.05) is 24.3 Å². The minimum atomic E-state index is -0.522. The van der Waals surface area contributed by atoms with Crippen LogP contribution in [0.1, 0.15) is 23.2 Å². The Morgan fingerprint density at radius 2 is 2.04 bits per heavy atom. The third kappa shape index (κ3) is 3.27. The molecular formula is C19H17FN2O2S. The van der Waals surface area contributed by atoms with Gasteiger partial charge in [-0.3, -0.25) is 9.69 Å². The average Bonchev–Trinajstić information content (AvgIpc) is 3.28. The largest absolute Gasteiger partial charge is 0.376 e. The summed E-state index contributed by atoms with van der Waals surface area (Å²) in [6.45, 7) is 1.08. The summed E-state index contributed by atoms with van der Waals surface area (Å²) in [4.78, 5) is 19.2. The molecule has 6 heteroatoms. The lowest BCUT2D eigenvalue weighted by Gasteiger charge is -2.23. The van der Waals surface area contributed by atoms with Crippen molar-refractivity contribution in [1.82, 2.24) is 4.98 Å². The standard InChI is InChI=1S/C19H17FN2O2S/c20-15-8-2-1-7-14(15)18(23)22(12-13-6-5-11-24-13)19-21-16-9-3-4-10-17(16)25-19/h1-4,7-10,13H,5-6,11-12H2. The molecule has 1 atom stereocenters. The highest BCUT2D eigenvalue weighted by Crippen LogP contribution is 2.31. The Kier molecular flexibility index (Phi) is 4.46. The monoisotopic (exact) mass is 356 g/mol. The van der Waals surface area contributed by atoms with Crippen molar-refractivity contribution in [2.24, 2.45) is 0 Å². The number of halogens is 1. The van der Waals surface area contributed by atoms with E-state index in [2.05, 4.69) is 4.98 Å². The number of carbonyl (C=O) groups excluding carboxylic acids is 1. The first-order chi connectivity index (χ1) is 12.2. The zero-order chi connectivity index (χ0) is 17.2. The van der Waals surface area contributed by atoms with Gasteiger partial charge in [-0.1, -0.05) is 35.6 Å². The fraction of sp³-hybridized carbons (Fsp3) is 0.263. The second-order valence-electron chi connectivity index (χ2n) is 5.99. The van der Waals surface area contributed by atoms with Gasteiger partial charge >= 0.3 is 0 Å². The number of rotatable bonds is 4. The molecule has 1 aromatic heterocycles. The van der Waals surface area contributed by atoms with Crippen LogP contribution in [0.2, 0.25) is 0 Å². The fourth-order valence-corrected chi connectivity index (χ4v) is 3.97. The number of anilines is 1. The topological polar surface area (TPSA) is 42.4 Å². The van der Waals surface area contributed by atoms with Crippen LogP contribution in [0.3, 0.4) is 0 Å². The number of ether oxygens (including phenoxy) is 1. The van der Waals surface area contributed by atoms with Crippen molar-refractivity contribution < 1.29 is 13.9 Å². The fourth-order valence-electron chi connectivity index (χ4n) is 3.00. The quantitative estimate of drug-likeness (QED) is 0.701. The Morgan fingerprint density at radius 3 is 2.80 bits per heavy atom. The second kappa shape index (κ2) is 6.90. The molecule has 1 amide bonds. The Bertz CT molecular complexity index is 872. The minimum absolute atomic E-state index is 0.0391. The predicted molar refractivity (Wildman–Crippen MR) is 96.7 cm³/mol. The maximum Gasteiger partial charge on any atom is 0.263 e. The highest BCUT2D eigenvalue weighted by molar-refractivity contribution is 7.22. The van der Waals surface area contributed by atoms with E-state index in [0.717, 1.165) is 23.1 Å². The summed E-state index contributed by atoms with van der Waals surface area (Å²) in [5.41, 5.74) is 0.890. The number of aromatic nitrogens is 1. The summed E-state index contributed by atoms with van der Waals surface area (Å²) in [7, 11) is 0. The van der Waals surface area contributed by atoms with Gasteiger partial charge in [0.15, 0.2) is 5.13 Å². The van der Waals surface area contributed by atoms with Crippen LogP contribution in [0.5, 0.6) is 0 Å². The Labute approximate surface area is 148 Å². The molecule has 4 rings (SSSR count). The molecular weight excluding hydrogens is 339 g/mol. The number of benzene rings is 2. The maximum atomic E-state index is 14.1. The highest BCUT2D eigenvalue weighted by Gasteiger charge is 2.28. The van der Waals surface area contributed by atoms with Gasteiger partial charge in [-0.25, -0.2) is 9.37 Å². The Morgan fingerprint density at radius 1 is 1.24 bits per heavy atom. The van der Waals surface area contributed by atoms with Gasteiger partial charge in [0.1, 0.15) is 5.82 Å². The molecule has 1 aliphatic rings. The summed E-state index contributed by atoms with van der Waals surface area (Å²) >= 11 is 1.43. The normalized spacial score (nSPS) is 17.1. The van der Waals surface area contributed by atoms with Gasteiger partial charge in [-0.05, 0) is 37.1 Å². The van der Waals surface area contributed by atoms with Crippen molar-refractivity contribution in [1.29, 1.82) is 0 Å². The Hall–Kier alpha value is -2.31. The van der Waals surface area contributed by atoms with Crippen LogP contribution >= 0.6 is 11.3 Å². The Balaban J connectivity index is 1.72. The number of nitrogens with zero attached hydrogens (tertiary/aromatic N) is 2. The molecule has 25 heavy (non-hydrogen) atoms. The molecule has 128 valence electrons. The summed E-state index contributed by atoms with van der Waals surface area (Å²) in [6.07, 6.45) is 1.83. The molecule has 1 unspecified atom stereocenters. The number of hydrogen-bond acceptors (Lipinski definition) is 4. The molecule has 1 fully saturated rings. The van der Waals surface area contributed by atoms with Crippen molar-refractivity contribution >= 4 is 32.6 Å². The number of fused-ring (bicyclic) bond motifs is 1. The van der Waals surface area contributed by atoms with Crippen LogP contribution in [0.25, 0.3) is 10.2 Å². The number of carbonyl (C=O) groups is 1. The van der Waals surface area contributed by atoms with Gasteiger partial charge in [0.25, 0.3) is 5.91 Å². The molecule has 1 saturated heterocycles. The van der Waals surface area contributed by atoms with Crippen LogP contribution in [0.15, 0.2) is 48.5 Å². The molecule has 0 spiro atoms. The molecule has 0 radical (unpaired) electrons. The zero-order valence-corrected chi connectivity index (χ0v) is 14.3. The number of para-hydroxylation sites is 1. The molecule has 2 heterocycles. The first-order valence-corrected chi connectivity index (χ1v) is 9.07. The van der Waals surface area contributed by atoms with Gasteiger partial charge in [0.05, 0.1) is 28.4 Å². The van der Waals surface area contributed by atoms with Crippen molar-refractivity contribution in [2.75, 3.05) is 18.1 Å². The smallest absolute Gasteiger partial charge is 0.263 e. The summed E-state index contributed by atoms with van der Waals surface area (Å²) < 4.78 is 20.8. The van der Waals surface area contributed by atoms with Crippen LogP contribution in [-0.4, -0.2) is 30.1 Å². The van der Waals surface area contributed by atoms with Gasteiger partial charge < -0.3 is 4.74 Å². The van der Waals surface area contributed by atoms with Crippen molar-refractivity contribution in [3.8, 4) is 0 Å². The number of thiazole rings is 1. The minimum Gasteiger partial charge on any atom is -0.376 e. The number of amides is 1. The first kappa shape index (κ1) is 16.2. The van der Waals surface area contributed by atoms with E-state index < -0.39 is 5.82 Å². The van der Waals surface area contributed by atoms with Crippen molar-refractivity contribution in [3.05, 3.63) is 59.9 Å². The summed E-state index contributed by atoms with van der Waals surface area (Å²) in [5, 5.41) is 0.574. The molecule has 0 saturated carbocycles. The van der Waals surface area contributed by atoms with E-state index in [-0.39, 0.29) is 17.6 Å². The van der Waals surface area contributed by atoms with Crippen LogP contribution in [-0.2, 0) is 4.74 Å². The first-order valence-electron chi connectivity index (χ1n) is 8.26. The maximum absolute atomic E-state index is 14.1. The van der Waals surface area contributed by atoms with E-state index in [1.54, 1.807) is 17.0 Å². The van der Waals surface area contributed by atoms with Crippen LogP contribution in [0.4, 0.5) is 9.52 Å². The lowest BCUT2D eigenvalue weighted by atomic mass is 10.1. The number of hydrogen-bond donors (Lipinski definition) is 0. The van der Waals surface area contributed by atoms with Crippen LogP contribution in [0, 0.1) is 5.82 Å². The van der Waals surface area contributed by atoms with Gasteiger partial charge in [0, 0.05) is 6.61 Å². The van der Waals surface area contributed by atoms with Gasteiger partial charge in [0.2, 0.25) is 0 Å². The van der Waals surface area contributed by atoms with E-state index in [9.17, 15) is 9.18 Å². The molecule has 0 bridgehead atoms. The SMILES string of the molecule is O=C(c1ccccc1F)N(CC1CCCO1)c1nc2ccccc2s1. The zero-order valence-electron chi connectivity index (χ0n) is 13.5. The average molecular weight is 356 g/mol. The van der Waals surface area contributed by atoms with E-state index in [4.69, 9.17) is 4.74 Å². The van der Waals surface area contributed by atoms with Crippen molar-refractivity contribution in [3.63, 3.8) is 0 Å². The lowest BCUT2D eigenvalue weighted by Crippen LogP contribution is -2.37. The van der Waals surface area contributed by atoms with Crippen LogP contribution < -0.4 is 4.90 Å². The lowest BCUT2D eigenvalue weighted by molar-refractivity contribution is 0.0914. The van der Waals surface area contributed by atoms with E-state index in [0.29, 0.717) is 18.3 Å². The molecule has 3 aromatic rings. The summed E-state index contributed by atoms with van der Waals surface area (Å²) in [6, 6.07) is 13.8. The molecule has 0 aliphatic carbocycles. The van der Waals surface area contributed by atoms with E-state index in [1.165, 1.54) is 23.5 Å². The third-order valence-corrected chi connectivity index (χ3v) is 5.33. The molecule has 2 aromatic carbocycles. The van der Waals surface area contributed by atoms with Gasteiger partial charge in [-0.15, -0.1) is 0 Å². The van der Waals surface area contributed by atoms with Gasteiger partial charge in [-0.2, -0.15) is 0 Å².